The summed E-state index contributed by atoms with van der Waals surface area (Å²) in [6, 6.07) is 0. The van der Waals surface area contributed by atoms with Crippen molar-refractivity contribution in [1.82, 2.24) is 0 Å². The molecule has 0 radical (unpaired) electrons. The van der Waals surface area contributed by atoms with Gasteiger partial charge in [0.25, 0.3) is 0 Å². The Labute approximate surface area is 43.2 Å². The molecule has 0 aliphatic heterocycles. The smallest absolute Gasteiger partial charge is 0.283 e. The van der Waals surface area contributed by atoms with Gasteiger partial charge in [-0.05, 0) is 0 Å². The van der Waals surface area contributed by atoms with Crippen LogP contribution in [0.1, 0.15) is 0 Å². The Hall–Kier alpha value is 0.873. The van der Waals surface area contributed by atoms with Crippen molar-refractivity contribution < 1.29 is 23.8 Å². The van der Waals surface area contributed by atoms with Crippen LogP contribution in [0.25, 0.3) is 0 Å². The average Bonchev–Trinajstić information content (AvgIpc) is 0.918. The maximum atomic E-state index is 4.50. The molecule has 20 valence electrons. The van der Waals surface area contributed by atoms with Gasteiger partial charge in [-0.2, -0.15) is 0 Å². The standard InChI is InChI=1S/CH3ClO.Zn/c1-3-2;/h1H3;/q;+2. The van der Waals surface area contributed by atoms with Crippen molar-refractivity contribution >= 4 is 11.9 Å². The molecular formula is CH3ClOZn+2. The second-order valence-electron chi connectivity index (χ2n) is 0.154. The largest absolute Gasteiger partial charge is 2.00 e. The van der Waals surface area contributed by atoms with Gasteiger partial charge in [0, 0.05) is 0 Å². The van der Waals surface area contributed by atoms with Gasteiger partial charge in [-0.15, -0.1) is 0 Å². The molecule has 0 fully saturated rings. The Morgan fingerprint density at radius 2 is 1.75 bits per heavy atom. The molecular weight excluding hydrogens is 129 g/mol. The Bertz CT molecular complexity index is 8.00. The molecule has 4 heavy (non-hydrogen) atoms. The molecule has 0 atom stereocenters. The molecule has 0 heterocycles. The maximum Gasteiger partial charge on any atom is 2.00 e. The Morgan fingerprint density at radius 1 is 1.75 bits per heavy atom. The first-order chi connectivity index (χ1) is 1.41. The molecule has 0 saturated heterocycles. The maximum absolute atomic E-state index is 4.50. The van der Waals surface area contributed by atoms with Crippen LogP contribution < -0.4 is 0 Å². The van der Waals surface area contributed by atoms with Crippen LogP contribution in [0.2, 0.25) is 0 Å². The summed E-state index contributed by atoms with van der Waals surface area (Å²) in [6.45, 7) is 0. The molecule has 0 amide bonds. The third-order valence-electron chi connectivity index (χ3n) is 0. The Morgan fingerprint density at radius 3 is 1.75 bits per heavy atom. The van der Waals surface area contributed by atoms with E-state index in [0.29, 0.717) is 0 Å². The summed E-state index contributed by atoms with van der Waals surface area (Å²) in [5.41, 5.74) is 0. The summed E-state index contributed by atoms with van der Waals surface area (Å²) in [5.74, 6) is 0. The zero-order chi connectivity index (χ0) is 2.71. The second kappa shape index (κ2) is 9.11. The fourth-order valence-corrected chi connectivity index (χ4v) is 0. The fourth-order valence-electron chi connectivity index (χ4n) is 0. The molecule has 0 rings (SSSR count). The van der Waals surface area contributed by atoms with Crippen molar-refractivity contribution in [3.8, 4) is 0 Å². The minimum absolute atomic E-state index is 0. The summed E-state index contributed by atoms with van der Waals surface area (Å²) < 4.78 is 3.72. The van der Waals surface area contributed by atoms with Crippen LogP contribution >= 0.6 is 11.9 Å². The zero-order valence-corrected chi connectivity index (χ0v) is 6.22. The van der Waals surface area contributed by atoms with Gasteiger partial charge < -0.3 is 0 Å². The molecule has 0 unspecified atom stereocenters. The molecule has 3 heteroatoms. The van der Waals surface area contributed by atoms with E-state index in [0.717, 1.165) is 0 Å². The van der Waals surface area contributed by atoms with Crippen molar-refractivity contribution in [3.63, 3.8) is 0 Å². The summed E-state index contributed by atoms with van der Waals surface area (Å²) in [5, 5.41) is 0. The van der Waals surface area contributed by atoms with Crippen LogP contribution in [0.3, 0.4) is 0 Å². The van der Waals surface area contributed by atoms with Gasteiger partial charge in [-0.1, -0.05) is 0 Å². The second-order valence-corrected chi connectivity index (χ2v) is 0.463. The third-order valence-corrected chi connectivity index (χ3v) is 0. The summed E-state index contributed by atoms with van der Waals surface area (Å²) in [4.78, 5) is 0. The van der Waals surface area contributed by atoms with Gasteiger partial charge in [-0.25, -0.2) is 0 Å². The molecule has 0 bridgehead atoms. The van der Waals surface area contributed by atoms with E-state index >= 15 is 0 Å². The van der Waals surface area contributed by atoms with E-state index in [2.05, 4.69) is 16.2 Å². The predicted octanol–water partition coefficient (Wildman–Crippen LogP) is 0.784. The SMILES string of the molecule is COCl.[Zn+2]. The van der Waals surface area contributed by atoms with Crippen LogP contribution in [0, 0.1) is 0 Å². The molecule has 0 aliphatic carbocycles. The summed E-state index contributed by atoms with van der Waals surface area (Å²) in [7, 11) is 1.39. The minimum Gasteiger partial charge on any atom is -0.283 e. The predicted molar refractivity (Wildman–Crippen MR) is 12.9 cm³/mol. The fraction of sp³-hybridized carbons (Fsp3) is 1.00. The molecule has 0 spiro atoms. The topological polar surface area (TPSA) is 9.23 Å². The summed E-state index contributed by atoms with van der Waals surface area (Å²) in [6.07, 6.45) is 0. The van der Waals surface area contributed by atoms with E-state index in [-0.39, 0.29) is 19.5 Å². The van der Waals surface area contributed by atoms with E-state index < -0.39 is 0 Å². The Balaban J connectivity index is 0. The minimum atomic E-state index is 0. The number of rotatable bonds is 0. The van der Waals surface area contributed by atoms with Crippen molar-refractivity contribution in [3.05, 3.63) is 0 Å². The van der Waals surface area contributed by atoms with Gasteiger partial charge in [0.1, 0.15) is 0 Å². The number of halogens is 1. The average molecular weight is 132 g/mol. The van der Waals surface area contributed by atoms with E-state index in [1.807, 2.05) is 0 Å². The molecule has 0 aliphatic rings. The molecule has 0 aromatic heterocycles. The van der Waals surface area contributed by atoms with Crippen molar-refractivity contribution in [2.75, 3.05) is 7.11 Å². The molecule has 0 aromatic rings. The van der Waals surface area contributed by atoms with Gasteiger partial charge in [0.2, 0.25) is 0 Å². The molecule has 0 aromatic carbocycles. The monoisotopic (exact) mass is 130 g/mol. The first-order valence-corrected chi connectivity index (χ1v) is 0.871. The quantitative estimate of drug-likeness (QED) is 0.442. The van der Waals surface area contributed by atoms with E-state index in [1.54, 1.807) is 0 Å². The summed E-state index contributed by atoms with van der Waals surface area (Å²) >= 11 is 4.50. The molecule has 0 N–H and O–H groups in total. The zero-order valence-electron chi connectivity index (χ0n) is 2.49. The first kappa shape index (κ1) is 8.86. The van der Waals surface area contributed by atoms with Gasteiger partial charge in [0.05, 0.1) is 19.0 Å². The number of hydrogen-bond donors (Lipinski definition) is 0. The van der Waals surface area contributed by atoms with Gasteiger partial charge in [-0.3, -0.25) is 4.29 Å². The van der Waals surface area contributed by atoms with Crippen LogP contribution in [0.4, 0.5) is 0 Å². The van der Waals surface area contributed by atoms with Crippen LogP contribution in [-0.4, -0.2) is 7.11 Å². The van der Waals surface area contributed by atoms with Crippen molar-refractivity contribution in [1.29, 1.82) is 0 Å². The third kappa shape index (κ3) is 13.2. The van der Waals surface area contributed by atoms with E-state index in [4.69, 9.17) is 0 Å². The van der Waals surface area contributed by atoms with E-state index in [9.17, 15) is 0 Å². The van der Waals surface area contributed by atoms with Crippen LogP contribution in [0.5, 0.6) is 0 Å². The molecule has 1 nitrogen and oxygen atoms in total. The van der Waals surface area contributed by atoms with Crippen molar-refractivity contribution in [2.24, 2.45) is 0 Å². The number of hydrogen-bond acceptors (Lipinski definition) is 1. The normalized spacial score (nSPS) is 4.50. The van der Waals surface area contributed by atoms with E-state index in [1.165, 1.54) is 7.11 Å². The van der Waals surface area contributed by atoms with Crippen LogP contribution in [-0.2, 0) is 23.8 Å². The molecule has 0 saturated carbocycles. The van der Waals surface area contributed by atoms with Gasteiger partial charge in [0.15, 0.2) is 0 Å². The first-order valence-electron chi connectivity index (χ1n) is 0.563. The van der Waals surface area contributed by atoms with Crippen molar-refractivity contribution in [2.45, 2.75) is 0 Å². The van der Waals surface area contributed by atoms with Gasteiger partial charge >= 0.3 is 19.5 Å². The van der Waals surface area contributed by atoms with Crippen LogP contribution in [0.15, 0.2) is 0 Å². The Kier molecular flexibility index (Phi) is 20.2.